The molecule has 0 bridgehead atoms. The number of amides is 2. The van der Waals surface area contributed by atoms with Gasteiger partial charge in [0.15, 0.2) is 0 Å². The number of nitrogens with one attached hydrogen (secondary N) is 1. The Kier molecular flexibility index (Phi) is 6.53. The van der Waals surface area contributed by atoms with Crippen molar-refractivity contribution in [2.45, 2.75) is 33.2 Å². The van der Waals surface area contributed by atoms with E-state index in [1.165, 1.54) is 12.1 Å². The molecule has 1 aliphatic heterocycles. The number of halogens is 1. The molecule has 138 valence electrons. The highest BCUT2D eigenvalue weighted by Gasteiger charge is 2.30. The lowest BCUT2D eigenvalue weighted by Gasteiger charge is -2.38. The number of piperidine rings is 1. The number of carbonyl (C=O) groups is 2. The number of likely N-dealkylation sites (tertiary alicyclic amines) is 1. The van der Waals surface area contributed by atoms with E-state index in [0.717, 1.165) is 19.5 Å². The molecular formula is C19H28FN3O2. The van der Waals surface area contributed by atoms with Crippen LogP contribution < -0.4 is 5.32 Å². The number of nitrogens with zero attached hydrogens (tertiary/aromatic N) is 2. The van der Waals surface area contributed by atoms with Crippen molar-refractivity contribution in [3.63, 3.8) is 0 Å². The molecule has 25 heavy (non-hydrogen) atoms. The second-order valence-electron chi connectivity index (χ2n) is 7.34. The molecule has 6 heteroatoms. The third-order valence-corrected chi connectivity index (χ3v) is 4.70. The molecule has 1 aromatic rings. The number of benzene rings is 1. The van der Waals surface area contributed by atoms with Crippen molar-refractivity contribution in [1.82, 2.24) is 9.80 Å². The van der Waals surface area contributed by atoms with Crippen LogP contribution in [-0.4, -0.2) is 54.3 Å². The SMILES string of the molecule is C[C@@H]1C[C@H](C)CN(C(=O)[C@@H](C)N(C)CC(=O)Nc2cccc(F)c2)C1. The maximum atomic E-state index is 13.2. The maximum absolute atomic E-state index is 13.2. The van der Waals surface area contributed by atoms with E-state index in [1.807, 2.05) is 11.8 Å². The smallest absolute Gasteiger partial charge is 0.239 e. The summed E-state index contributed by atoms with van der Waals surface area (Å²) in [6, 6.07) is 5.38. The minimum atomic E-state index is -0.400. The van der Waals surface area contributed by atoms with E-state index in [-0.39, 0.29) is 24.4 Å². The van der Waals surface area contributed by atoms with Gasteiger partial charge in [0.25, 0.3) is 0 Å². The van der Waals surface area contributed by atoms with Gasteiger partial charge in [0.05, 0.1) is 12.6 Å². The van der Waals surface area contributed by atoms with Gasteiger partial charge in [-0.05, 0) is 50.4 Å². The normalized spacial score (nSPS) is 21.9. The molecule has 0 aliphatic carbocycles. The van der Waals surface area contributed by atoms with Crippen LogP contribution in [0.1, 0.15) is 27.2 Å². The summed E-state index contributed by atoms with van der Waals surface area (Å²) in [5.41, 5.74) is 0.413. The third kappa shape index (κ3) is 5.53. The Bertz CT molecular complexity index is 612. The summed E-state index contributed by atoms with van der Waals surface area (Å²) in [6.07, 6.45) is 1.14. The summed E-state index contributed by atoms with van der Waals surface area (Å²) in [6.45, 7) is 7.77. The predicted molar refractivity (Wildman–Crippen MR) is 96.6 cm³/mol. The van der Waals surface area contributed by atoms with Crippen LogP contribution in [0.4, 0.5) is 10.1 Å². The number of rotatable bonds is 5. The van der Waals surface area contributed by atoms with E-state index < -0.39 is 5.82 Å². The minimum Gasteiger partial charge on any atom is -0.341 e. The lowest BCUT2D eigenvalue weighted by Crippen LogP contribution is -2.51. The third-order valence-electron chi connectivity index (χ3n) is 4.70. The van der Waals surface area contributed by atoms with Gasteiger partial charge in [-0.25, -0.2) is 4.39 Å². The molecule has 1 N–H and O–H groups in total. The topological polar surface area (TPSA) is 52.7 Å². The van der Waals surface area contributed by atoms with Gasteiger partial charge in [0.1, 0.15) is 5.82 Å². The van der Waals surface area contributed by atoms with Crippen LogP contribution in [0.3, 0.4) is 0 Å². The fourth-order valence-electron chi connectivity index (χ4n) is 3.43. The zero-order valence-electron chi connectivity index (χ0n) is 15.5. The lowest BCUT2D eigenvalue weighted by atomic mass is 9.91. The van der Waals surface area contributed by atoms with Crippen molar-refractivity contribution >= 4 is 17.5 Å². The molecule has 1 fully saturated rings. The van der Waals surface area contributed by atoms with Crippen LogP contribution in [-0.2, 0) is 9.59 Å². The van der Waals surface area contributed by atoms with E-state index in [1.54, 1.807) is 24.1 Å². The van der Waals surface area contributed by atoms with Gasteiger partial charge >= 0.3 is 0 Å². The Hall–Kier alpha value is -1.95. The van der Waals surface area contributed by atoms with E-state index in [0.29, 0.717) is 17.5 Å². The molecule has 2 amide bonds. The average molecular weight is 349 g/mol. The number of hydrogen-bond donors (Lipinski definition) is 1. The molecule has 2 rings (SSSR count). The Morgan fingerprint density at radius 3 is 2.56 bits per heavy atom. The van der Waals surface area contributed by atoms with Crippen molar-refractivity contribution in [3.8, 4) is 0 Å². The molecule has 3 atom stereocenters. The van der Waals surface area contributed by atoms with Crippen molar-refractivity contribution < 1.29 is 14.0 Å². The number of anilines is 1. The summed E-state index contributed by atoms with van der Waals surface area (Å²) >= 11 is 0. The van der Waals surface area contributed by atoms with Crippen LogP contribution in [0.5, 0.6) is 0 Å². The van der Waals surface area contributed by atoms with Crippen molar-refractivity contribution in [3.05, 3.63) is 30.1 Å². The average Bonchev–Trinajstić information content (AvgIpc) is 2.52. The minimum absolute atomic E-state index is 0.0551. The summed E-state index contributed by atoms with van der Waals surface area (Å²) in [5.74, 6) is 0.388. The number of likely N-dealkylation sites (N-methyl/N-ethyl adjacent to an activating group) is 1. The summed E-state index contributed by atoms with van der Waals surface area (Å²) in [5, 5.41) is 2.66. The Morgan fingerprint density at radius 1 is 1.32 bits per heavy atom. The van der Waals surface area contributed by atoms with Crippen molar-refractivity contribution in [2.75, 3.05) is 32.0 Å². The number of carbonyl (C=O) groups excluding carboxylic acids is 2. The monoisotopic (exact) mass is 349 g/mol. The fourth-order valence-corrected chi connectivity index (χ4v) is 3.43. The first kappa shape index (κ1) is 19.4. The van der Waals surface area contributed by atoms with Gasteiger partial charge < -0.3 is 10.2 Å². The quantitative estimate of drug-likeness (QED) is 0.889. The molecule has 0 unspecified atom stereocenters. The largest absolute Gasteiger partial charge is 0.341 e. The van der Waals surface area contributed by atoms with E-state index in [9.17, 15) is 14.0 Å². The van der Waals surface area contributed by atoms with Gasteiger partial charge in [-0.15, -0.1) is 0 Å². The lowest BCUT2D eigenvalue weighted by molar-refractivity contribution is -0.139. The van der Waals surface area contributed by atoms with Gasteiger partial charge in [-0.1, -0.05) is 19.9 Å². The van der Waals surface area contributed by atoms with E-state index in [2.05, 4.69) is 19.2 Å². The maximum Gasteiger partial charge on any atom is 0.239 e. The van der Waals surface area contributed by atoms with E-state index in [4.69, 9.17) is 0 Å². The Morgan fingerprint density at radius 2 is 1.96 bits per heavy atom. The Balaban J connectivity index is 1.89. The first-order valence-electron chi connectivity index (χ1n) is 8.80. The van der Waals surface area contributed by atoms with Gasteiger partial charge in [-0.2, -0.15) is 0 Å². The number of hydrogen-bond acceptors (Lipinski definition) is 3. The second kappa shape index (κ2) is 8.43. The standard InChI is InChI=1S/C19H28FN3O2/c1-13-8-14(2)11-23(10-13)19(25)15(3)22(4)12-18(24)21-17-7-5-6-16(20)9-17/h5-7,9,13-15H,8,10-12H2,1-4H3,(H,21,24)/t13-,14+,15-/m1/s1. The first-order valence-corrected chi connectivity index (χ1v) is 8.80. The van der Waals surface area contributed by atoms with Gasteiger partial charge in [-0.3, -0.25) is 14.5 Å². The van der Waals surface area contributed by atoms with Gasteiger partial charge in [0.2, 0.25) is 11.8 Å². The molecule has 1 aromatic carbocycles. The predicted octanol–water partition coefficient (Wildman–Crippen LogP) is 2.59. The molecule has 1 saturated heterocycles. The summed E-state index contributed by atoms with van der Waals surface area (Å²) in [7, 11) is 1.75. The second-order valence-corrected chi connectivity index (χ2v) is 7.34. The zero-order chi connectivity index (χ0) is 18.6. The van der Waals surface area contributed by atoms with Crippen LogP contribution in [0.25, 0.3) is 0 Å². The van der Waals surface area contributed by atoms with Gasteiger partial charge in [0, 0.05) is 18.8 Å². The highest BCUT2D eigenvalue weighted by atomic mass is 19.1. The molecule has 1 heterocycles. The molecule has 1 aliphatic rings. The summed E-state index contributed by atoms with van der Waals surface area (Å²) in [4.78, 5) is 28.5. The Labute approximate surface area is 149 Å². The van der Waals surface area contributed by atoms with Crippen molar-refractivity contribution in [1.29, 1.82) is 0 Å². The fraction of sp³-hybridized carbons (Fsp3) is 0.579. The van der Waals surface area contributed by atoms with Crippen LogP contribution >= 0.6 is 0 Å². The zero-order valence-corrected chi connectivity index (χ0v) is 15.5. The van der Waals surface area contributed by atoms with E-state index >= 15 is 0 Å². The highest BCUT2D eigenvalue weighted by molar-refractivity contribution is 5.92. The van der Waals surface area contributed by atoms with Crippen LogP contribution in [0.15, 0.2) is 24.3 Å². The summed E-state index contributed by atoms with van der Waals surface area (Å²) < 4.78 is 13.2. The molecule has 5 nitrogen and oxygen atoms in total. The molecular weight excluding hydrogens is 321 g/mol. The molecule has 0 spiro atoms. The first-order chi connectivity index (χ1) is 11.8. The molecule has 0 aromatic heterocycles. The molecule has 0 radical (unpaired) electrons. The highest BCUT2D eigenvalue weighted by Crippen LogP contribution is 2.22. The van der Waals surface area contributed by atoms with Crippen LogP contribution in [0.2, 0.25) is 0 Å². The van der Waals surface area contributed by atoms with Crippen molar-refractivity contribution in [2.24, 2.45) is 11.8 Å². The van der Waals surface area contributed by atoms with Crippen LogP contribution in [0, 0.1) is 17.7 Å². The molecule has 0 saturated carbocycles.